The zero-order chi connectivity index (χ0) is 14.4. The van der Waals surface area contributed by atoms with Crippen LogP contribution >= 0.6 is 0 Å². The predicted octanol–water partition coefficient (Wildman–Crippen LogP) is 0.234. The van der Waals surface area contributed by atoms with Crippen LogP contribution in [0, 0.1) is 5.92 Å². The zero-order valence-electron chi connectivity index (χ0n) is 11.6. The number of rotatable bonds is 7. The van der Waals surface area contributed by atoms with Crippen LogP contribution in [-0.4, -0.2) is 40.6 Å². The Morgan fingerprint density at radius 3 is 2.42 bits per heavy atom. The quantitative estimate of drug-likeness (QED) is 0.648. The molecule has 0 fully saturated rings. The Balaban J connectivity index is 2.98. The molecular weight excluding hydrogens is 248 g/mol. The lowest BCUT2D eigenvalue weighted by atomic mass is 10.0. The molecule has 8 heteroatoms. The fourth-order valence-electron chi connectivity index (χ4n) is 1.43. The number of nitrogens with two attached hydrogens (primary N) is 1. The SMILES string of the molecule is CCOc1nc(NC)nc(NC(C(N)=O)C(C)C)n1. The number of ether oxygens (including phenoxy) is 1. The van der Waals surface area contributed by atoms with Crippen molar-refractivity contribution in [1.29, 1.82) is 0 Å². The highest BCUT2D eigenvalue weighted by Crippen LogP contribution is 2.14. The third-order valence-corrected chi connectivity index (χ3v) is 2.37. The van der Waals surface area contributed by atoms with Crippen LogP contribution in [0.4, 0.5) is 11.9 Å². The molecule has 0 bridgehead atoms. The summed E-state index contributed by atoms with van der Waals surface area (Å²) in [5.74, 6) is 0.162. The first-order valence-corrected chi connectivity index (χ1v) is 6.10. The summed E-state index contributed by atoms with van der Waals surface area (Å²) < 4.78 is 5.23. The van der Waals surface area contributed by atoms with E-state index < -0.39 is 11.9 Å². The summed E-state index contributed by atoms with van der Waals surface area (Å²) >= 11 is 0. The molecule has 1 aromatic rings. The largest absolute Gasteiger partial charge is 0.464 e. The van der Waals surface area contributed by atoms with Crippen molar-refractivity contribution in [3.05, 3.63) is 0 Å². The summed E-state index contributed by atoms with van der Waals surface area (Å²) in [6.07, 6.45) is 0. The van der Waals surface area contributed by atoms with Gasteiger partial charge in [-0.25, -0.2) is 0 Å². The average Bonchev–Trinajstić information content (AvgIpc) is 2.35. The fourth-order valence-corrected chi connectivity index (χ4v) is 1.43. The number of hydrogen-bond acceptors (Lipinski definition) is 7. The lowest BCUT2D eigenvalue weighted by Crippen LogP contribution is -2.40. The van der Waals surface area contributed by atoms with Gasteiger partial charge in [-0.1, -0.05) is 13.8 Å². The second-order valence-corrected chi connectivity index (χ2v) is 4.22. The molecule has 0 radical (unpaired) electrons. The van der Waals surface area contributed by atoms with Crippen molar-refractivity contribution in [3.63, 3.8) is 0 Å². The minimum Gasteiger partial charge on any atom is -0.464 e. The van der Waals surface area contributed by atoms with E-state index in [-0.39, 0.29) is 17.9 Å². The molecular formula is C11H20N6O2. The van der Waals surface area contributed by atoms with E-state index >= 15 is 0 Å². The molecule has 1 heterocycles. The first-order chi connectivity index (χ1) is 8.97. The number of aromatic nitrogens is 3. The Kier molecular flexibility index (Phi) is 5.28. The van der Waals surface area contributed by atoms with Gasteiger partial charge in [0.15, 0.2) is 0 Å². The van der Waals surface area contributed by atoms with Gasteiger partial charge in [-0.05, 0) is 12.8 Å². The van der Waals surface area contributed by atoms with E-state index in [1.807, 2.05) is 20.8 Å². The van der Waals surface area contributed by atoms with Crippen LogP contribution in [-0.2, 0) is 4.79 Å². The topological polar surface area (TPSA) is 115 Å². The molecule has 0 aliphatic carbocycles. The minimum atomic E-state index is -0.554. The number of anilines is 2. The van der Waals surface area contributed by atoms with Gasteiger partial charge in [-0.15, -0.1) is 0 Å². The molecule has 4 N–H and O–H groups in total. The minimum absolute atomic E-state index is 0.0165. The summed E-state index contributed by atoms with van der Waals surface area (Å²) in [5, 5.41) is 5.69. The summed E-state index contributed by atoms with van der Waals surface area (Å²) in [4.78, 5) is 23.6. The molecule has 8 nitrogen and oxygen atoms in total. The number of primary amides is 1. The van der Waals surface area contributed by atoms with Crippen molar-refractivity contribution in [2.45, 2.75) is 26.8 Å². The maximum absolute atomic E-state index is 11.4. The summed E-state index contributed by atoms with van der Waals surface area (Å²) in [6, 6.07) is -0.363. The molecule has 0 saturated carbocycles. The molecule has 0 aliphatic rings. The van der Waals surface area contributed by atoms with Crippen LogP contribution in [0.15, 0.2) is 0 Å². The predicted molar refractivity (Wildman–Crippen MR) is 72.0 cm³/mol. The monoisotopic (exact) mass is 268 g/mol. The van der Waals surface area contributed by atoms with Crippen LogP contribution < -0.4 is 21.1 Å². The molecule has 1 rings (SSSR count). The fraction of sp³-hybridized carbons (Fsp3) is 0.636. The summed E-state index contributed by atoms with van der Waals surface area (Å²) in [5.41, 5.74) is 5.33. The van der Waals surface area contributed by atoms with E-state index in [2.05, 4.69) is 25.6 Å². The molecule has 0 aromatic carbocycles. The number of carbonyl (C=O) groups excluding carboxylic acids is 1. The van der Waals surface area contributed by atoms with Crippen molar-refractivity contribution in [1.82, 2.24) is 15.0 Å². The van der Waals surface area contributed by atoms with Crippen molar-refractivity contribution in [3.8, 4) is 6.01 Å². The molecule has 0 aliphatic heterocycles. The molecule has 1 unspecified atom stereocenters. The highest BCUT2D eigenvalue weighted by Gasteiger charge is 2.21. The highest BCUT2D eigenvalue weighted by atomic mass is 16.5. The van der Waals surface area contributed by atoms with Crippen molar-refractivity contribution in [2.75, 3.05) is 24.3 Å². The Hall–Kier alpha value is -2.12. The highest BCUT2D eigenvalue weighted by molar-refractivity contribution is 5.82. The third-order valence-electron chi connectivity index (χ3n) is 2.37. The number of hydrogen-bond donors (Lipinski definition) is 3. The van der Waals surface area contributed by atoms with Gasteiger partial charge >= 0.3 is 6.01 Å². The molecule has 19 heavy (non-hydrogen) atoms. The van der Waals surface area contributed by atoms with Crippen molar-refractivity contribution < 1.29 is 9.53 Å². The maximum atomic E-state index is 11.4. The van der Waals surface area contributed by atoms with Gasteiger partial charge in [0.1, 0.15) is 6.04 Å². The lowest BCUT2D eigenvalue weighted by molar-refractivity contribution is -0.119. The van der Waals surface area contributed by atoms with E-state index in [1.54, 1.807) is 7.05 Å². The summed E-state index contributed by atoms with van der Waals surface area (Å²) in [7, 11) is 1.68. The number of nitrogens with zero attached hydrogens (tertiary/aromatic N) is 3. The maximum Gasteiger partial charge on any atom is 0.323 e. The Bertz CT molecular complexity index is 437. The molecule has 0 spiro atoms. The lowest BCUT2D eigenvalue weighted by Gasteiger charge is -2.19. The summed E-state index contributed by atoms with van der Waals surface area (Å²) in [6.45, 7) is 6.03. The molecule has 1 amide bonds. The van der Waals surface area contributed by atoms with E-state index in [4.69, 9.17) is 10.5 Å². The van der Waals surface area contributed by atoms with E-state index in [0.717, 1.165) is 0 Å². The van der Waals surface area contributed by atoms with Crippen LogP contribution in [0.3, 0.4) is 0 Å². The van der Waals surface area contributed by atoms with Crippen molar-refractivity contribution >= 4 is 17.8 Å². The number of amides is 1. The van der Waals surface area contributed by atoms with Crippen LogP contribution in [0.5, 0.6) is 6.01 Å². The second kappa shape index (κ2) is 6.72. The zero-order valence-corrected chi connectivity index (χ0v) is 11.6. The standard InChI is InChI=1S/C11H20N6O2/c1-5-19-11-16-9(13-4)15-10(17-11)14-7(6(2)3)8(12)18/h6-7H,5H2,1-4H3,(H2,12,18)(H2,13,14,15,16,17). The van der Waals surface area contributed by atoms with Gasteiger partial charge in [-0.3, -0.25) is 4.79 Å². The Morgan fingerprint density at radius 1 is 1.32 bits per heavy atom. The first kappa shape index (κ1) is 14.9. The van der Waals surface area contributed by atoms with Gasteiger partial charge < -0.3 is 21.1 Å². The first-order valence-electron chi connectivity index (χ1n) is 6.10. The van der Waals surface area contributed by atoms with Crippen LogP contribution in [0.1, 0.15) is 20.8 Å². The Morgan fingerprint density at radius 2 is 1.95 bits per heavy atom. The number of nitrogens with one attached hydrogen (secondary N) is 2. The van der Waals surface area contributed by atoms with Gasteiger partial charge in [0.25, 0.3) is 0 Å². The van der Waals surface area contributed by atoms with Gasteiger partial charge in [0, 0.05) is 7.05 Å². The van der Waals surface area contributed by atoms with Gasteiger partial charge in [0.05, 0.1) is 6.61 Å². The molecule has 106 valence electrons. The van der Waals surface area contributed by atoms with Crippen molar-refractivity contribution in [2.24, 2.45) is 11.7 Å². The van der Waals surface area contributed by atoms with Crippen LogP contribution in [0.25, 0.3) is 0 Å². The smallest absolute Gasteiger partial charge is 0.323 e. The van der Waals surface area contributed by atoms with Gasteiger partial charge in [-0.2, -0.15) is 15.0 Å². The molecule has 1 aromatic heterocycles. The number of carbonyl (C=O) groups is 1. The van der Waals surface area contributed by atoms with Crippen LogP contribution in [0.2, 0.25) is 0 Å². The third kappa shape index (κ3) is 4.23. The molecule has 0 saturated heterocycles. The molecule has 1 atom stereocenters. The normalized spacial score (nSPS) is 12.1. The second-order valence-electron chi connectivity index (χ2n) is 4.22. The Labute approximate surface area is 112 Å². The van der Waals surface area contributed by atoms with E-state index in [1.165, 1.54) is 0 Å². The average molecular weight is 268 g/mol. The van der Waals surface area contributed by atoms with E-state index in [0.29, 0.717) is 12.6 Å². The van der Waals surface area contributed by atoms with Gasteiger partial charge in [0.2, 0.25) is 17.8 Å². The van der Waals surface area contributed by atoms with E-state index in [9.17, 15) is 4.79 Å².